The van der Waals surface area contributed by atoms with E-state index in [4.69, 9.17) is 4.74 Å². The number of ether oxygens (including phenoxy) is 1. The van der Waals surface area contributed by atoms with Crippen LogP contribution in [0.25, 0.3) is 0 Å². The van der Waals surface area contributed by atoms with Gasteiger partial charge in [0.25, 0.3) is 0 Å². The summed E-state index contributed by atoms with van der Waals surface area (Å²) < 4.78 is 5.22. The molecule has 1 aromatic heterocycles. The Labute approximate surface area is 107 Å². The van der Waals surface area contributed by atoms with Crippen LogP contribution < -0.4 is 10.1 Å². The van der Waals surface area contributed by atoms with E-state index in [1.807, 2.05) is 31.3 Å². The van der Waals surface area contributed by atoms with Crippen LogP contribution in [0.3, 0.4) is 0 Å². The first-order chi connectivity index (χ1) is 8.76. The molecule has 2 rings (SSSR count). The third-order valence-electron chi connectivity index (χ3n) is 2.92. The number of aromatic nitrogens is 2. The van der Waals surface area contributed by atoms with Gasteiger partial charge in [-0.2, -0.15) is 0 Å². The van der Waals surface area contributed by atoms with Gasteiger partial charge in [-0.3, -0.25) is 0 Å². The van der Waals surface area contributed by atoms with Gasteiger partial charge in [0.05, 0.1) is 13.2 Å². The molecule has 0 bridgehead atoms. The fraction of sp³-hybridized carbons (Fsp3) is 0.286. The summed E-state index contributed by atoms with van der Waals surface area (Å²) in [6.07, 6.45) is 3.51. The van der Waals surface area contributed by atoms with Gasteiger partial charge >= 0.3 is 0 Å². The summed E-state index contributed by atoms with van der Waals surface area (Å²) in [5.74, 6) is 1.63. The van der Waals surface area contributed by atoms with Crippen molar-refractivity contribution in [2.75, 3.05) is 14.2 Å². The van der Waals surface area contributed by atoms with E-state index < -0.39 is 0 Å². The molecule has 0 saturated heterocycles. The molecule has 1 heterocycles. The number of hydrogen-bond donors (Lipinski definition) is 1. The standard InChI is InChI=1S/C14H17N3O/c1-10-9-11(18-3)5-6-12(10)13(15-2)14-16-7-4-8-17-14/h4-9,13,15H,1-3H3. The number of nitrogens with zero attached hydrogens (tertiary/aromatic N) is 2. The smallest absolute Gasteiger partial charge is 0.149 e. The lowest BCUT2D eigenvalue weighted by Gasteiger charge is -2.17. The van der Waals surface area contributed by atoms with Gasteiger partial charge in [-0.05, 0) is 43.3 Å². The highest BCUT2D eigenvalue weighted by Crippen LogP contribution is 2.25. The molecular weight excluding hydrogens is 226 g/mol. The van der Waals surface area contributed by atoms with Crippen molar-refractivity contribution < 1.29 is 4.74 Å². The van der Waals surface area contributed by atoms with Crippen LogP contribution >= 0.6 is 0 Å². The van der Waals surface area contributed by atoms with Crippen LogP contribution in [0.4, 0.5) is 0 Å². The minimum atomic E-state index is -0.00268. The quantitative estimate of drug-likeness (QED) is 0.893. The maximum Gasteiger partial charge on any atom is 0.149 e. The fourth-order valence-corrected chi connectivity index (χ4v) is 1.98. The van der Waals surface area contributed by atoms with E-state index in [1.165, 1.54) is 0 Å². The highest BCUT2D eigenvalue weighted by molar-refractivity contribution is 5.38. The second-order valence-corrected chi connectivity index (χ2v) is 4.05. The second-order valence-electron chi connectivity index (χ2n) is 4.05. The summed E-state index contributed by atoms with van der Waals surface area (Å²) in [7, 11) is 3.58. The van der Waals surface area contributed by atoms with Crippen molar-refractivity contribution in [2.24, 2.45) is 0 Å². The monoisotopic (exact) mass is 243 g/mol. The van der Waals surface area contributed by atoms with E-state index in [0.717, 1.165) is 22.7 Å². The first-order valence-electron chi connectivity index (χ1n) is 5.85. The zero-order valence-corrected chi connectivity index (χ0v) is 10.8. The molecule has 0 saturated carbocycles. The van der Waals surface area contributed by atoms with Crippen LogP contribution in [0.15, 0.2) is 36.7 Å². The molecule has 0 amide bonds. The molecule has 0 fully saturated rings. The van der Waals surface area contributed by atoms with Gasteiger partial charge in [-0.25, -0.2) is 9.97 Å². The third kappa shape index (κ3) is 2.49. The number of hydrogen-bond acceptors (Lipinski definition) is 4. The van der Waals surface area contributed by atoms with Crippen molar-refractivity contribution >= 4 is 0 Å². The summed E-state index contributed by atoms with van der Waals surface area (Å²) in [6.45, 7) is 2.06. The van der Waals surface area contributed by atoms with Crippen LogP contribution in [0.1, 0.15) is 23.0 Å². The van der Waals surface area contributed by atoms with Crippen molar-refractivity contribution in [3.8, 4) is 5.75 Å². The SMILES string of the molecule is CNC(c1ncccn1)c1ccc(OC)cc1C. The minimum absolute atomic E-state index is 0.00268. The van der Waals surface area contributed by atoms with E-state index in [9.17, 15) is 0 Å². The molecule has 94 valence electrons. The van der Waals surface area contributed by atoms with E-state index in [0.29, 0.717) is 0 Å². The normalized spacial score (nSPS) is 12.2. The van der Waals surface area contributed by atoms with Crippen LogP contribution in [0.2, 0.25) is 0 Å². The highest BCUT2D eigenvalue weighted by Gasteiger charge is 2.16. The molecule has 4 nitrogen and oxygen atoms in total. The Morgan fingerprint density at radius 1 is 1.22 bits per heavy atom. The molecule has 4 heteroatoms. The maximum atomic E-state index is 5.22. The van der Waals surface area contributed by atoms with Crippen molar-refractivity contribution in [1.29, 1.82) is 0 Å². The lowest BCUT2D eigenvalue weighted by atomic mass is 10.0. The lowest BCUT2D eigenvalue weighted by molar-refractivity contribution is 0.414. The maximum absolute atomic E-state index is 5.22. The summed E-state index contributed by atoms with van der Waals surface area (Å²) in [4.78, 5) is 8.61. The Hall–Kier alpha value is -1.94. The van der Waals surface area contributed by atoms with Gasteiger partial charge < -0.3 is 10.1 Å². The molecule has 2 aromatic rings. The van der Waals surface area contributed by atoms with Gasteiger partial charge in [0, 0.05) is 12.4 Å². The van der Waals surface area contributed by atoms with Crippen LogP contribution in [0.5, 0.6) is 5.75 Å². The number of methoxy groups -OCH3 is 1. The van der Waals surface area contributed by atoms with Crippen molar-refractivity contribution in [1.82, 2.24) is 15.3 Å². The van der Waals surface area contributed by atoms with E-state index >= 15 is 0 Å². The zero-order valence-electron chi connectivity index (χ0n) is 10.8. The molecule has 0 aliphatic rings. The fourth-order valence-electron chi connectivity index (χ4n) is 1.98. The summed E-state index contributed by atoms with van der Waals surface area (Å²) in [5.41, 5.74) is 2.31. The number of nitrogens with one attached hydrogen (secondary N) is 1. The largest absolute Gasteiger partial charge is 0.497 e. The average molecular weight is 243 g/mol. The predicted molar refractivity (Wildman–Crippen MR) is 70.7 cm³/mol. The number of aryl methyl sites for hydroxylation is 1. The van der Waals surface area contributed by atoms with Crippen LogP contribution in [-0.2, 0) is 0 Å². The molecule has 0 radical (unpaired) electrons. The van der Waals surface area contributed by atoms with Crippen molar-refractivity contribution in [3.63, 3.8) is 0 Å². The van der Waals surface area contributed by atoms with E-state index in [1.54, 1.807) is 19.5 Å². The lowest BCUT2D eigenvalue weighted by Crippen LogP contribution is -2.21. The van der Waals surface area contributed by atoms with E-state index in [-0.39, 0.29) is 6.04 Å². The van der Waals surface area contributed by atoms with Gasteiger partial charge in [0.15, 0.2) is 0 Å². The minimum Gasteiger partial charge on any atom is -0.497 e. The Bertz CT molecular complexity index is 514. The molecule has 0 spiro atoms. The Morgan fingerprint density at radius 3 is 2.50 bits per heavy atom. The van der Waals surface area contributed by atoms with Gasteiger partial charge in [-0.15, -0.1) is 0 Å². The summed E-state index contributed by atoms with van der Waals surface area (Å²) in [6, 6.07) is 7.83. The molecule has 1 aromatic carbocycles. The number of rotatable bonds is 4. The van der Waals surface area contributed by atoms with Gasteiger partial charge in [0.2, 0.25) is 0 Å². The highest BCUT2D eigenvalue weighted by atomic mass is 16.5. The third-order valence-corrected chi connectivity index (χ3v) is 2.92. The Kier molecular flexibility index (Phi) is 3.89. The second kappa shape index (κ2) is 5.60. The van der Waals surface area contributed by atoms with Crippen LogP contribution in [-0.4, -0.2) is 24.1 Å². The zero-order chi connectivity index (χ0) is 13.0. The molecule has 1 N–H and O–H groups in total. The summed E-state index contributed by atoms with van der Waals surface area (Å²) in [5, 5.41) is 3.25. The molecule has 0 aliphatic carbocycles. The topological polar surface area (TPSA) is 47.0 Å². The first-order valence-corrected chi connectivity index (χ1v) is 5.85. The van der Waals surface area contributed by atoms with Crippen molar-refractivity contribution in [3.05, 3.63) is 53.6 Å². The average Bonchev–Trinajstić information content (AvgIpc) is 2.42. The van der Waals surface area contributed by atoms with Gasteiger partial charge in [0.1, 0.15) is 11.6 Å². The molecule has 1 atom stereocenters. The predicted octanol–water partition coefficient (Wildman–Crippen LogP) is 2.10. The van der Waals surface area contributed by atoms with E-state index in [2.05, 4.69) is 22.2 Å². The molecular formula is C14H17N3O. The molecule has 1 unspecified atom stereocenters. The van der Waals surface area contributed by atoms with Crippen LogP contribution in [0, 0.1) is 6.92 Å². The summed E-state index contributed by atoms with van der Waals surface area (Å²) >= 11 is 0. The first kappa shape index (κ1) is 12.5. The molecule has 18 heavy (non-hydrogen) atoms. The Morgan fingerprint density at radius 2 is 1.94 bits per heavy atom. The Balaban J connectivity index is 2.39. The van der Waals surface area contributed by atoms with Crippen molar-refractivity contribution in [2.45, 2.75) is 13.0 Å². The number of benzene rings is 1. The van der Waals surface area contributed by atoms with Gasteiger partial charge in [-0.1, -0.05) is 6.07 Å². The molecule has 0 aliphatic heterocycles.